The fourth-order valence-electron chi connectivity index (χ4n) is 2.54. The summed E-state index contributed by atoms with van der Waals surface area (Å²) >= 11 is 1.77. The molecule has 2 heteroatoms. The number of benzene rings is 1. The van der Waals surface area contributed by atoms with Crippen LogP contribution in [-0.2, 0) is 12.8 Å². The lowest BCUT2D eigenvalue weighted by Gasteiger charge is -2.17. The van der Waals surface area contributed by atoms with E-state index in [1.807, 2.05) is 18.2 Å². The van der Waals surface area contributed by atoms with Gasteiger partial charge in [-0.25, -0.2) is 0 Å². The number of carbonyl (C=O) groups excluding carboxylic acids is 1. The lowest BCUT2D eigenvalue weighted by atomic mass is 9.86. The summed E-state index contributed by atoms with van der Waals surface area (Å²) in [6, 6.07) is 10.1. The molecule has 0 unspecified atom stereocenters. The first-order valence-electron chi connectivity index (χ1n) is 6.60. The van der Waals surface area contributed by atoms with Crippen molar-refractivity contribution in [3.05, 3.63) is 68.9 Å². The van der Waals surface area contributed by atoms with Gasteiger partial charge in [-0.1, -0.05) is 30.3 Å². The second-order valence-corrected chi connectivity index (χ2v) is 5.95. The number of hydrogen-bond donors (Lipinski definition) is 0. The Labute approximate surface area is 117 Å². The Morgan fingerprint density at radius 3 is 2.84 bits per heavy atom. The van der Waals surface area contributed by atoms with Crippen LogP contribution in [0.4, 0.5) is 0 Å². The fraction of sp³-hybridized carbons (Fsp3) is 0.235. The number of ketones is 1. The van der Waals surface area contributed by atoms with Crippen LogP contribution in [0.5, 0.6) is 0 Å². The minimum absolute atomic E-state index is 0.219. The monoisotopic (exact) mass is 268 g/mol. The van der Waals surface area contributed by atoms with Crippen molar-refractivity contribution in [1.29, 1.82) is 0 Å². The van der Waals surface area contributed by atoms with Gasteiger partial charge in [0.15, 0.2) is 5.78 Å². The molecule has 0 atom stereocenters. The summed E-state index contributed by atoms with van der Waals surface area (Å²) in [6.45, 7) is 2.13. The van der Waals surface area contributed by atoms with Crippen LogP contribution in [0, 0.1) is 6.92 Å². The summed E-state index contributed by atoms with van der Waals surface area (Å²) in [7, 11) is 0. The number of thiophene rings is 1. The van der Waals surface area contributed by atoms with Crippen LogP contribution in [0.1, 0.15) is 32.8 Å². The van der Waals surface area contributed by atoms with E-state index in [9.17, 15) is 4.79 Å². The van der Waals surface area contributed by atoms with E-state index in [0.717, 1.165) is 30.4 Å². The van der Waals surface area contributed by atoms with Gasteiger partial charge in [-0.05, 0) is 47.9 Å². The maximum Gasteiger partial charge on any atom is 0.188 e. The van der Waals surface area contributed by atoms with Gasteiger partial charge >= 0.3 is 0 Å². The number of rotatable bonds is 2. The highest BCUT2D eigenvalue weighted by Crippen LogP contribution is 2.26. The molecule has 0 N–H and O–H groups in total. The van der Waals surface area contributed by atoms with Gasteiger partial charge in [-0.3, -0.25) is 4.79 Å². The Bertz CT molecular complexity index is 649. The van der Waals surface area contributed by atoms with E-state index < -0.39 is 0 Å². The Kier molecular flexibility index (Phi) is 3.34. The fourth-order valence-corrected chi connectivity index (χ4v) is 3.41. The number of hydrogen-bond acceptors (Lipinski definition) is 2. The summed E-state index contributed by atoms with van der Waals surface area (Å²) in [5, 5.41) is 2.11. The Balaban J connectivity index is 1.84. The van der Waals surface area contributed by atoms with Crippen molar-refractivity contribution in [2.45, 2.75) is 26.2 Å². The SMILES string of the molecule is Cc1ccsc1C/C=C1\CCc2ccccc2C1=O. The largest absolute Gasteiger partial charge is 0.289 e. The first kappa shape index (κ1) is 12.4. The highest BCUT2D eigenvalue weighted by molar-refractivity contribution is 7.10. The van der Waals surface area contributed by atoms with Crippen molar-refractivity contribution in [3.63, 3.8) is 0 Å². The van der Waals surface area contributed by atoms with Gasteiger partial charge in [0.2, 0.25) is 0 Å². The van der Waals surface area contributed by atoms with Crippen molar-refractivity contribution < 1.29 is 4.79 Å². The molecule has 1 aromatic heterocycles. The van der Waals surface area contributed by atoms with Crippen LogP contribution in [0.25, 0.3) is 0 Å². The first-order valence-corrected chi connectivity index (χ1v) is 7.48. The molecule has 0 amide bonds. The van der Waals surface area contributed by atoms with Crippen molar-refractivity contribution in [2.24, 2.45) is 0 Å². The van der Waals surface area contributed by atoms with Gasteiger partial charge < -0.3 is 0 Å². The van der Waals surface area contributed by atoms with E-state index in [0.29, 0.717) is 0 Å². The summed E-state index contributed by atoms with van der Waals surface area (Å²) < 4.78 is 0. The average Bonchev–Trinajstić information content (AvgIpc) is 2.84. The number of fused-ring (bicyclic) bond motifs is 1. The maximum absolute atomic E-state index is 12.4. The molecule has 0 saturated carbocycles. The van der Waals surface area contributed by atoms with Crippen LogP contribution in [0.2, 0.25) is 0 Å². The predicted octanol–water partition coefficient (Wildman–Crippen LogP) is 4.35. The first-order chi connectivity index (χ1) is 9.25. The summed E-state index contributed by atoms with van der Waals surface area (Å²) in [5.74, 6) is 0.219. The Hall–Kier alpha value is -1.67. The zero-order chi connectivity index (χ0) is 13.2. The number of allylic oxidation sites excluding steroid dienone is 2. The quantitative estimate of drug-likeness (QED) is 0.740. The second-order valence-electron chi connectivity index (χ2n) is 4.95. The van der Waals surface area contributed by atoms with E-state index in [1.54, 1.807) is 11.3 Å². The van der Waals surface area contributed by atoms with E-state index >= 15 is 0 Å². The van der Waals surface area contributed by atoms with E-state index in [2.05, 4.69) is 30.5 Å². The molecule has 1 nitrogen and oxygen atoms in total. The van der Waals surface area contributed by atoms with Gasteiger partial charge in [-0.15, -0.1) is 11.3 Å². The van der Waals surface area contributed by atoms with E-state index in [1.165, 1.54) is 16.0 Å². The van der Waals surface area contributed by atoms with Crippen molar-refractivity contribution >= 4 is 17.1 Å². The number of aryl methyl sites for hydroxylation is 2. The Morgan fingerprint density at radius 2 is 2.05 bits per heavy atom. The summed E-state index contributed by atoms with van der Waals surface area (Å²) in [4.78, 5) is 13.8. The zero-order valence-corrected chi connectivity index (χ0v) is 11.8. The standard InChI is InChI=1S/C17H16OS/c1-12-10-11-19-16(12)9-8-14-7-6-13-4-2-3-5-15(13)17(14)18/h2-5,8,10-11H,6-7,9H2,1H3/b14-8+. The minimum Gasteiger partial charge on any atom is -0.289 e. The molecule has 1 aliphatic carbocycles. The molecule has 96 valence electrons. The molecule has 0 bridgehead atoms. The Morgan fingerprint density at radius 1 is 1.21 bits per heavy atom. The number of carbonyl (C=O) groups is 1. The van der Waals surface area contributed by atoms with Gasteiger partial charge in [0.05, 0.1) is 0 Å². The van der Waals surface area contributed by atoms with Crippen LogP contribution in [0.15, 0.2) is 47.4 Å². The molecule has 0 radical (unpaired) electrons. The topological polar surface area (TPSA) is 17.1 Å². The molecule has 1 aromatic carbocycles. The van der Waals surface area contributed by atoms with Crippen molar-refractivity contribution in [1.82, 2.24) is 0 Å². The second kappa shape index (κ2) is 5.14. The van der Waals surface area contributed by atoms with Crippen molar-refractivity contribution in [2.75, 3.05) is 0 Å². The van der Waals surface area contributed by atoms with E-state index in [4.69, 9.17) is 0 Å². The third kappa shape index (κ3) is 2.41. The number of Topliss-reactive ketones (excluding diaryl/α,β-unsaturated/α-hetero) is 1. The van der Waals surface area contributed by atoms with Gasteiger partial charge in [0, 0.05) is 16.9 Å². The summed E-state index contributed by atoms with van der Waals surface area (Å²) in [6.07, 6.45) is 4.86. The lowest BCUT2D eigenvalue weighted by molar-refractivity contribution is 0.102. The molecular weight excluding hydrogens is 252 g/mol. The van der Waals surface area contributed by atoms with Crippen LogP contribution in [-0.4, -0.2) is 5.78 Å². The molecule has 3 rings (SSSR count). The highest BCUT2D eigenvalue weighted by atomic mass is 32.1. The minimum atomic E-state index is 0.219. The van der Waals surface area contributed by atoms with Crippen molar-refractivity contribution in [3.8, 4) is 0 Å². The molecule has 0 aliphatic heterocycles. The normalized spacial score (nSPS) is 16.7. The van der Waals surface area contributed by atoms with Crippen LogP contribution < -0.4 is 0 Å². The lowest BCUT2D eigenvalue weighted by Crippen LogP contribution is -2.14. The molecular formula is C17H16OS. The highest BCUT2D eigenvalue weighted by Gasteiger charge is 2.20. The predicted molar refractivity (Wildman–Crippen MR) is 79.9 cm³/mol. The molecule has 0 fully saturated rings. The van der Waals surface area contributed by atoms with Crippen LogP contribution >= 0.6 is 11.3 Å². The van der Waals surface area contributed by atoms with E-state index in [-0.39, 0.29) is 5.78 Å². The van der Waals surface area contributed by atoms with Gasteiger partial charge in [0.1, 0.15) is 0 Å². The molecule has 0 saturated heterocycles. The summed E-state index contributed by atoms with van der Waals surface area (Å²) in [5.41, 5.74) is 4.39. The third-order valence-electron chi connectivity index (χ3n) is 3.72. The third-order valence-corrected chi connectivity index (χ3v) is 4.76. The smallest absolute Gasteiger partial charge is 0.188 e. The zero-order valence-electron chi connectivity index (χ0n) is 11.0. The van der Waals surface area contributed by atoms with Gasteiger partial charge in [0.25, 0.3) is 0 Å². The maximum atomic E-state index is 12.4. The van der Waals surface area contributed by atoms with Crippen LogP contribution in [0.3, 0.4) is 0 Å². The molecule has 1 heterocycles. The molecule has 0 spiro atoms. The molecule has 1 aliphatic rings. The molecule has 2 aromatic rings. The average molecular weight is 268 g/mol. The molecule has 19 heavy (non-hydrogen) atoms. The van der Waals surface area contributed by atoms with Gasteiger partial charge in [-0.2, -0.15) is 0 Å².